The summed E-state index contributed by atoms with van der Waals surface area (Å²) in [6, 6.07) is 9.94. The van der Waals surface area contributed by atoms with Crippen LogP contribution in [0.5, 0.6) is 11.5 Å². The third-order valence-electron chi connectivity index (χ3n) is 4.95. The molecular weight excluding hydrogens is 636 g/mol. The lowest BCUT2D eigenvalue weighted by Crippen LogP contribution is -2.51. The number of carbonyl (C=O) groups is 1. The van der Waals surface area contributed by atoms with Gasteiger partial charge in [-0.3, -0.25) is 4.79 Å². The predicted octanol–water partition coefficient (Wildman–Crippen LogP) is 4.83. The molecule has 2 atom stereocenters. The molecule has 0 saturated heterocycles. The van der Waals surface area contributed by atoms with Crippen LogP contribution in [0.25, 0.3) is 0 Å². The SMILES string of the molecule is CCN(C(=O)CCc1cc(I)c(O)c(I)c1)C(Cc1ccc(O)cc1)C(O)OC(C)(C)C. The van der Waals surface area contributed by atoms with E-state index in [2.05, 4.69) is 45.2 Å². The standard InChI is InChI=1S/C24H31I2NO5/c1-5-27(21(29)11-8-16-12-18(25)22(30)19(26)13-16)20(23(31)32-24(2,3)4)14-15-6-9-17(28)10-7-15/h6-7,9-10,12-13,20,23,28,30-31H,5,8,11,14H2,1-4H3. The molecule has 2 unspecified atom stereocenters. The average molecular weight is 667 g/mol. The number of aliphatic hydroxyl groups is 1. The van der Waals surface area contributed by atoms with Crippen LogP contribution in [-0.4, -0.2) is 50.6 Å². The van der Waals surface area contributed by atoms with Crippen molar-refractivity contribution >= 4 is 51.1 Å². The van der Waals surface area contributed by atoms with Gasteiger partial charge in [-0.2, -0.15) is 0 Å². The normalized spacial score (nSPS) is 13.6. The highest BCUT2D eigenvalue weighted by atomic mass is 127. The van der Waals surface area contributed by atoms with Crippen LogP contribution in [0.4, 0.5) is 0 Å². The van der Waals surface area contributed by atoms with E-state index >= 15 is 0 Å². The van der Waals surface area contributed by atoms with Crippen LogP contribution in [0.3, 0.4) is 0 Å². The number of aryl methyl sites for hydroxylation is 1. The molecule has 0 heterocycles. The molecule has 6 nitrogen and oxygen atoms in total. The Morgan fingerprint density at radius 2 is 1.62 bits per heavy atom. The van der Waals surface area contributed by atoms with Crippen LogP contribution in [0.2, 0.25) is 0 Å². The molecule has 0 fully saturated rings. The second-order valence-corrected chi connectivity index (χ2v) is 11.0. The average Bonchev–Trinajstić information content (AvgIpc) is 2.70. The number of amides is 1. The zero-order valence-electron chi connectivity index (χ0n) is 18.8. The van der Waals surface area contributed by atoms with Gasteiger partial charge < -0.3 is 25.0 Å². The number of hydrogen-bond acceptors (Lipinski definition) is 5. The summed E-state index contributed by atoms with van der Waals surface area (Å²) in [5, 5.41) is 30.5. The van der Waals surface area contributed by atoms with Gasteiger partial charge in [0.1, 0.15) is 11.5 Å². The highest BCUT2D eigenvalue weighted by molar-refractivity contribution is 14.1. The Balaban J connectivity index is 2.21. The minimum absolute atomic E-state index is 0.0778. The van der Waals surface area contributed by atoms with Crippen molar-refractivity contribution in [3.05, 3.63) is 54.7 Å². The van der Waals surface area contributed by atoms with Gasteiger partial charge in [0.05, 0.1) is 18.8 Å². The first kappa shape index (κ1) is 27.1. The molecule has 0 spiro atoms. The van der Waals surface area contributed by atoms with Crippen LogP contribution in [0.1, 0.15) is 45.2 Å². The number of aliphatic hydroxyl groups excluding tert-OH is 1. The van der Waals surface area contributed by atoms with Gasteiger partial charge >= 0.3 is 0 Å². The molecule has 3 N–H and O–H groups in total. The monoisotopic (exact) mass is 667 g/mol. The van der Waals surface area contributed by atoms with Crippen molar-refractivity contribution < 1.29 is 24.9 Å². The maximum absolute atomic E-state index is 13.2. The van der Waals surface area contributed by atoms with Crippen LogP contribution in [0.15, 0.2) is 36.4 Å². The van der Waals surface area contributed by atoms with Gasteiger partial charge in [-0.05, 0) is 121 Å². The fraction of sp³-hybridized carbons (Fsp3) is 0.458. The summed E-state index contributed by atoms with van der Waals surface area (Å²) >= 11 is 4.16. The number of halogens is 2. The molecular formula is C24H31I2NO5. The van der Waals surface area contributed by atoms with Crippen molar-refractivity contribution in [2.45, 2.75) is 64.9 Å². The van der Waals surface area contributed by atoms with Gasteiger partial charge in [0, 0.05) is 13.0 Å². The molecule has 2 aromatic rings. The first-order chi connectivity index (χ1) is 14.9. The Hall–Kier alpha value is -1.11. The minimum atomic E-state index is -1.16. The van der Waals surface area contributed by atoms with Crippen LogP contribution < -0.4 is 0 Å². The highest BCUT2D eigenvalue weighted by Gasteiger charge is 2.32. The van der Waals surface area contributed by atoms with Crippen molar-refractivity contribution in [1.82, 2.24) is 4.90 Å². The third kappa shape index (κ3) is 8.03. The topological polar surface area (TPSA) is 90.2 Å². The summed E-state index contributed by atoms with van der Waals surface area (Å²) < 4.78 is 7.33. The number of aromatic hydroxyl groups is 2. The number of nitrogens with zero attached hydrogens (tertiary/aromatic N) is 1. The minimum Gasteiger partial charge on any atom is -0.508 e. The summed E-state index contributed by atoms with van der Waals surface area (Å²) in [6.45, 7) is 7.90. The maximum Gasteiger partial charge on any atom is 0.223 e. The number of phenolic OH excluding ortho intramolecular Hbond substituents is 2. The van der Waals surface area contributed by atoms with E-state index in [1.165, 1.54) is 0 Å². The van der Waals surface area contributed by atoms with E-state index < -0.39 is 17.9 Å². The Labute approximate surface area is 217 Å². The summed E-state index contributed by atoms with van der Waals surface area (Å²) in [4.78, 5) is 14.9. The summed E-state index contributed by atoms with van der Waals surface area (Å²) in [6.07, 6.45) is 0.0397. The fourth-order valence-corrected chi connectivity index (χ4v) is 5.33. The van der Waals surface area contributed by atoms with E-state index in [-0.39, 0.29) is 23.8 Å². The number of hydrogen-bond donors (Lipinski definition) is 3. The van der Waals surface area contributed by atoms with Gasteiger partial charge in [-0.15, -0.1) is 0 Å². The van der Waals surface area contributed by atoms with E-state index in [1.54, 1.807) is 29.2 Å². The quantitative estimate of drug-likeness (QED) is 0.264. The Bertz CT molecular complexity index is 889. The Morgan fingerprint density at radius 1 is 1.06 bits per heavy atom. The number of ether oxygens (including phenoxy) is 1. The van der Waals surface area contributed by atoms with Crippen molar-refractivity contribution in [1.29, 1.82) is 0 Å². The van der Waals surface area contributed by atoms with Crippen molar-refractivity contribution in [3.8, 4) is 11.5 Å². The lowest BCUT2D eigenvalue weighted by atomic mass is 10.0. The summed E-state index contributed by atoms with van der Waals surface area (Å²) in [5.74, 6) is 0.345. The Kier molecular flexibility index (Phi) is 10.0. The number of likely N-dealkylation sites (N-methyl/N-ethyl adjacent to an activating group) is 1. The smallest absolute Gasteiger partial charge is 0.223 e. The number of benzene rings is 2. The molecule has 2 aromatic carbocycles. The van der Waals surface area contributed by atoms with Crippen LogP contribution >= 0.6 is 45.2 Å². The number of rotatable bonds is 9. The molecule has 0 saturated carbocycles. The van der Waals surface area contributed by atoms with Crippen molar-refractivity contribution in [3.63, 3.8) is 0 Å². The van der Waals surface area contributed by atoms with Crippen LogP contribution in [0, 0.1) is 7.14 Å². The summed E-state index contributed by atoms with van der Waals surface area (Å²) in [7, 11) is 0. The molecule has 0 aromatic heterocycles. The van der Waals surface area contributed by atoms with Crippen LogP contribution in [-0.2, 0) is 22.4 Å². The van der Waals surface area contributed by atoms with E-state index in [0.29, 0.717) is 19.4 Å². The predicted molar refractivity (Wildman–Crippen MR) is 142 cm³/mol. The molecule has 176 valence electrons. The molecule has 32 heavy (non-hydrogen) atoms. The van der Waals surface area contributed by atoms with Gasteiger partial charge in [-0.25, -0.2) is 0 Å². The molecule has 0 bridgehead atoms. The zero-order valence-corrected chi connectivity index (χ0v) is 23.1. The maximum atomic E-state index is 13.2. The number of phenols is 2. The molecule has 0 aliphatic rings. The molecule has 1 amide bonds. The zero-order chi connectivity index (χ0) is 24.1. The first-order valence-electron chi connectivity index (χ1n) is 10.5. The molecule has 0 aliphatic carbocycles. The second-order valence-electron chi connectivity index (χ2n) is 8.65. The van der Waals surface area contributed by atoms with Gasteiger partial charge in [0.25, 0.3) is 0 Å². The van der Waals surface area contributed by atoms with E-state index in [9.17, 15) is 20.1 Å². The van der Waals surface area contributed by atoms with Gasteiger partial charge in [-0.1, -0.05) is 12.1 Å². The van der Waals surface area contributed by atoms with Gasteiger partial charge in [0.2, 0.25) is 5.91 Å². The molecule has 2 rings (SSSR count). The highest BCUT2D eigenvalue weighted by Crippen LogP contribution is 2.28. The molecule has 8 heteroatoms. The largest absolute Gasteiger partial charge is 0.508 e. The lowest BCUT2D eigenvalue weighted by molar-refractivity contribution is -0.199. The van der Waals surface area contributed by atoms with Gasteiger partial charge in [0.15, 0.2) is 6.29 Å². The lowest BCUT2D eigenvalue weighted by Gasteiger charge is -2.37. The second kappa shape index (κ2) is 11.8. The van der Waals surface area contributed by atoms with E-state index in [4.69, 9.17) is 4.74 Å². The Morgan fingerprint density at radius 3 is 2.12 bits per heavy atom. The molecule has 0 radical (unpaired) electrons. The van der Waals surface area contributed by atoms with Crippen molar-refractivity contribution in [2.75, 3.05) is 6.54 Å². The van der Waals surface area contributed by atoms with E-state index in [0.717, 1.165) is 18.3 Å². The van der Waals surface area contributed by atoms with E-state index in [1.807, 2.05) is 39.8 Å². The van der Waals surface area contributed by atoms with Crippen molar-refractivity contribution in [2.24, 2.45) is 0 Å². The summed E-state index contributed by atoms with van der Waals surface area (Å²) in [5.41, 5.74) is 1.29. The molecule has 0 aliphatic heterocycles. The third-order valence-corrected chi connectivity index (χ3v) is 6.59. The fourth-order valence-electron chi connectivity index (χ4n) is 3.43. The number of carbonyl (C=O) groups excluding carboxylic acids is 1. The first-order valence-corrected chi connectivity index (χ1v) is 12.7.